The van der Waals surface area contributed by atoms with E-state index < -0.39 is 0 Å². The van der Waals surface area contributed by atoms with E-state index in [9.17, 15) is 0 Å². The maximum absolute atomic E-state index is 5.61. The highest BCUT2D eigenvalue weighted by molar-refractivity contribution is 5.57. The van der Waals surface area contributed by atoms with E-state index in [1.807, 2.05) is 0 Å². The molecule has 0 aliphatic heterocycles. The van der Waals surface area contributed by atoms with Crippen molar-refractivity contribution in [2.45, 2.75) is 44.6 Å². The van der Waals surface area contributed by atoms with Crippen molar-refractivity contribution in [3.8, 4) is 0 Å². The lowest BCUT2D eigenvalue weighted by atomic mass is 9.80. The third-order valence-corrected chi connectivity index (χ3v) is 3.86. The Morgan fingerprint density at radius 2 is 2.11 bits per heavy atom. The van der Waals surface area contributed by atoms with Crippen molar-refractivity contribution in [1.29, 1.82) is 0 Å². The lowest BCUT2D eigenvalue weighted by Gasteiger charge is -2.40. The predicted molar refractivity (Wildman–Crippen MR) is 75.9 cm³/mol. The zero-order valence-electron chi connectivity index (χ0n) is 11.7. The fourth-order valence-electron chi connectivity index (χ4n) is 2.44. The molecule has 0 atom stereocenters. The molecule has 0 amide bonds. The number of methoxy groups -OCH3 is 1. The lowest BCUT2D eigenvalue weighted by molar-refractivity contribution is -0.0601. The average Bonchev–Trinajstić information content (AvgIpc) is 2.39. The molecule has 2 rings (SSSR count). The summed E-state index contributed by atoms with van der Waals surface area (Å²) in [6.07, 6.45) is 6.88. The second-order valence-corrected chi connectivity index (χ2v) is 5.04. The van der Waals surface area contributed by atoms with Crippen molar-refractivity contribution in [3.05, 3.63) is 11.9 Å². The van der Waals surface area contributed by atoms with E-state index >= 15 is 0 Å². The topological polar surface area (TPSA) is 85.1 Å². The van der Waals surface area contributed by atoms with Crippen molar-refractivity contribution in [1.82, 2.24) is 9.97 Å². The number of aromatic nitrogens is 2. The predicted octanol–water partition coefficient (Wildman–Crippen LogP) is 1.70. The molecule has 0 aromatic carbocycles. The van der Waals surface area contributed by atoms with Gasteiger partial charge in [-0.2, -0.15) is 0 Å². The van der Waals surface area contributed by atoms with Crippen LogP contribution in [-0.4, -0.2) is 29.2 Å². The molecule has 0 bridgehead atoms. The number of hydrogen-bond acceptors (Lipinski definition) is 6. The van der Waals surface area contributed by atoms with E-state index in [0.717, 1.165) is 43.6 Å². The van der Waals surface area contributed by atoms with Gasteiger partial charge in [-0.25, -0.2) is 15.8 Å². The summed E-state index contributed by atoms with van der Waals surface area (Å²) in [4.78, 5) is 8.49. The van der Waals surface area contributed by atoms with E-state index in [4.69, 9.17) is 10.6 Å². The Balaban J connectivity index is 2.10. The molecule has 6 heteroatoms. The van der Waals surface area contributed by atoms with Gasteiger partial charge in [0.15, 0.2) is 0 Å². The number of nitrogens with zero attached hydrogens (tertiary/aromatic N) is 2. The molecule has 0 radical (unpaired) electrons. The lowest BCUT2D eigenvalue weighted by Crippen LogP contribution is -2.45. The number of ether oxygens (including phenoxy) is 1. The molecule has 1 aromatic heterocycles. The summed E-state index contributed by atoms with van der Waals surface area (Å²) in [6.45, 7) is 2.90. The summed E-state index contributed by atoms with van der Waals surface area (Å²) >= 11 is 0. The van der Waals surface area contributed by atoms with E-state index in [-0.39, 0.29) is 5.60 Å². The summed E-state index contributed by atoms with van der Waals surface area (Å²) < 4.78 is 5.61. The highest BCUT2D eigenvalue weighted by Gasteiger charge is 2.36. The van der Waals surface area contributed by atoms with Crippen LogP contribution >= 0.6 is 0 Å². The number of nitrogens with two attached hydrogens (primary N) is 1. The Labute approximate surface area is 114 Å². The molecule has 1 aliphatic rings. The normalized spacial score (nSPS) is 16.8. The molecule has 106 valence electrons. The fraction of sp³-hybridized carbons (Fsp3) is 0.692. The zero-order valence-corrected chi connectivity index (χ0v) is 11.7. The van der Waals surface area contributed by atoms with Crippen molar-refractivity contribution in [2.24, 2.45) is 5.84 Å². The minimum Gasteiger partial charge on any atom is -0.376 e. The zero-order chi connectivity index (χ0) is 13.7. The van der Waals surface area contributed by atoms with Gasteiger partial charge in [0.1, 0.15) is 18.0 Å². The van der Waals surface area contributed by atoms with Gasteiger partial charge in [0.05, 0.1) is 5.60 Å². The van der Waals surface area contributed by atoms with Gasteiger partial charge in [-0.3, -0.25) is 0 Å². The molecular weight excluding hydrogens is 242 g/mol. The van der Waals surface area contributed by atoms with Crippen LogP contribution in [0, 0.1) is 0 Å². The largest absolute Gasteiger partial charge is 0.376 e. The Hall–Kier alpha value is -1.40. The van der Waals surface area contributed by atoms with E-state index in [1.54, 1.807) is 7.11 Å². The molecular formula is C13H23N5O. The fourth-order valence-corrected chi connectivity index (χ4v) is 2.44. The molecule has 1 aromatic rings. The van der Waals surface area contributed by atoms with Gasteiger partial charge in [-0.15, -0.1) is 0 Å². The summed E-state index contributed by atoms with van der Waals surface area (Å²) in [5.41, 5.74) is 3.65. The Morgan fingerprint density at radius 1 is 1.37 bits per heavy atom. The van der Waals surface area contributed by atoms with E-state index in [2.05, 4.69) is 27.6 Å². The maximum atomic E-state index is 5.61. The monoisotopic (exact) mass is 265 g/mol. The Bertz CT molecular complexity index is 414. The molecule has 0 saturated heterocycles. The molecule has 1 aliphatic carbocycles. The van der Waals surface area contributed by atoms with E-state index in [1.165, 1.54) is 12.7 Å². The van der Waals surface area contributed by atoms with Gasteiger partial charge in [-0.05, 0) is 25.7 Å². The van der Waals surface area contributed by atoms with Crippen molar-refractivity contribution >= 4 is 11.6 Å². The molecule has 4 N–H and O–H groups in total. The highest BCUT2D eigenvalue weighted by Crippen LogP contribution is 2.35. The van der Waals surface area contributed by atoms with Crippen LogP contribution in [0.4, 0.5) is 11.6 Å². The minimum atomic E-state index is -0.0231. The molecule has 19 heavy (non-hydrogen) atoms. The van der Waals surface area contributed by atoms with Crippen LogP contribution in [0.2, 0.25) is 0 Å². The molecule has 0 spiro atoms. The summed E-state index contributed by atoms with van der Waals surface area (Å²) in [5.74, 6) is 7.05. The summed E-state index contributed by atoms with van der Waals surface area (Å²) in [6, 6.07) is 0. The number of hydrogen-bond donors (Lipinski definition) is 3. The van der Waals surface area contributed by atoms with E-state index in [0.29, 0.717) is 5.82 Å². The van der Waals surface area contributed by atoms with Gasteiger partial charge >= 0.3 is 0 Å². The van der Waals surface area contributed by atoms with Crippen LogP contribution in [0.15, 0.2) is 6.33 Å². The summed E-state index contributed by atoms with van der Waals surface area (Å²) in [7, 11) is 1.78. The Kier molecular flexibility index (Phi) is 4.55. The van der Waals surface area contributed by atoms with Crippen LogP contribution < -0.4 is 16.6 Å². The van der Waals surface area contributed by atoms with Crippen molar-refractivity contribution < 1.29 is 4.74 Å². The van der Waals surface area contributed by atoms with Crippen LogP contribution in [0.3, 0.4) is 0 Å². The first-order valence-corrected chi connectivity index (χ1v) is 6.84. The molecule has 0 unspecified atom stereocenters. The number of anilines is 2. The van der Waals surface area contributed by atoms with Crippen LogP contribution in [0.25, 0.3) is 0 Å². The van der Waals surface area contributed by atoms with Crippen LogP contribution in [0.5, 0.6) is 0 Å². The van der Waals surface area contributed by atoms with Crippen molar-refractivity contribution in [3.63, 3.8) is 0 Å². The second kappa shape index (κ2) is 6.16. The molecule has 1 fully saturated rings. The van der Waals surface area contributed by atoms with Gasteiger partial charge in [0.25, 0.3) is 0 Å². The van der Waals surface area contributed by atoms with Gasteiger partial charge in [0.2, 0.25) is 0 Å². The molecule has 6 nitrogen and oxygen atoms in total. The first-order chi connectivity index (χ1) is 9.24. The summed E-state index contributed by atoms with van der Waals surface area (Å²) in [5, 5.41) is 3.39. The molecule has 1 saturated carbocycles. The first-order valence-electron chi connectivity index (χ1n) is 6.84. The maximum Gasteiger partial charge on any atom is 0.148 e. The number of nitrogen functional groups attached to an aromatic ring is 1. The van der Waals surface area contributed by atoms with Gasteiger partial charge < -0.3 is 15.5 Å². The quantitative estimate of drug-likeness (QED) is 0.514. The third-order valence-electron chi connectivity index (χ3n) is 3.86. The Morgan fingerprint density at radius 3 is 2.63 bits per heavy atom. The van der Waals surface area contributed by atoms with Crippen LogP contribution in [0.1, 0.15) is 38.2 Å². The first kappa shape index (κ1) is 14.0. The second-order valence-electron chi connectivity index (χ2n) is 5.04. The SMILES string of the molecule is CCCc1c(NN)ncnc1NCC1(OC)CCC1. The molecule has 1 heterocycles. The smallest absolute Gasteiger partial charge is 0.148 e. The van der Waals surface area contributed by atoms with Gasteiger partial charge in [-0.1, -0.05) is 13.3 Å². The van der Waals surface area contributed by atoms with Gasteiger partial charge in [0, 0.05) is 19.2 Å². The standard InChI is InChI=1S/C13H23N5O/c1-3-5-10-11(16-9-17-12(10)18-14)15-8-13(19-2)6-4-7-13/h9H,3-8,14H2,1-2H3,(H2,15,16,17,18). The number of rotatable bonds is 7. The number of nitrogens with one attached hydrogen (secondary N) is 2. The highest BCUT2D eigenvalue weighted by atomic mass is 16.5. The van der Waals surface area contributed by atoms with Crippen LogP contribution in [-0.2, 0) is 11.2 Å². The minimum absolute atomic E-state index is 0.0231. The number of hydrazine groups is 1. The third kappa shape index (κ3) is 2.96. The average molecular weight is 265 g/mol. The van der Waals surface area contributed by atoms with Crippen molar-refractivity contribution in [2.75, 3.05) is 24.4 Å².